The van der Waals surface area contributed by atoms with Crippen LogP contribution < -0.4 is 10.5 Å². The van der Waals surface area contributed by atoms with Crippen LogP contribution in [0, 0.1) is 12.3 Å². The van der Waals surface area contributed by atoms with Crippen molar-refractivity contribution in [3.8, 4) is 5.75 Å². The molecule has 4 heteroatoms. The molecule has 0 bridgehead atoms. The summed E-state index contributed by atoms with van der Waals surface area (Å²) >= 11 is 0. The minimum Gasteiger partial charge on any atom is -0.486 e. The van der Waals surface area contributed by atoms with Gasteiger partial charge in [0.2, 0.25) is 0 Å². The first-order valence-corrected chi connectivity index (χ1v) is 3.71. The number of halogens is 1. The van der Waals surface area contributed by atoms with Crippen molar-refractivity contribution in [1.29, 1.82) is 5.41 Å². The van der Waals surface area contributed by atoms with Crippen molar-refractivity contribution in [1.82, 2.24) is 0 Å². The van der Waals surface area contributed by atoms with Gasteiger partial charge >= 0.3 is 0 Å². The summed E-state index contributed by atoms with van der Waals surface area (Å²) in [7, 11) is 0. The molecule has 0 amide bonds. The minimum atomic E-state index is 0. The Morgan fingerprint density at radius 2 is 1.92 bits per heavy atom. The number of hydrogen-bond donors (Lipinski definition) is 2. The number of nitrogens with one attached hydrogen (secondary N) is 1. The third kappa shape index (κ3) is 4.38. The number of aryl methyl sites for hydroxylation is 1. The predicted octanol–water partition coefficient (Wildman–Crippen LogP) is 1.73. The van der Waals surface area contributed by atoms with E-state index in [4.69, 9.17) is 15.9 Å². The number of nitrogens with two attached hydrogens (primary N) is 1. The highest BCUT2D eigenvalue weighted by atomic mass is 35.5. The van der Waals surface area contributed by atoms with Gasteiger partial charge in [-0.1, -0.05) is 17.7 Å². The van der Waals surface area contributed by atoms with E-state index in [1.54, 1.807) is 0 Å². The normalized spacial score (nSPS) is 8.69. The molecule has 1 aromatic rings. The third-order valence-corrected chi connectivity index (χ3v) is 1.42. The van der Waals surface area contributed by atoms with E-state index in [9.17, 15) is 0 Å². The van der Waals surface area contributed by atoms with E-state index in [-0.39, 0.29) is 24.8 Å². The Morgan fingerprint density at radius 1 is 1.38 bits per heavy atom. The lowest BCUT2D eigenvalue weighted by Crippen LogP contribution is -2.19. The van der Waals surface area contributed by atoms with Crippen LogP contribution in [0.2, 0.25) is 0 Å². The van der Waals surface area contributed by atoms with Crippen molar-refractivity contribution in [2.24, 2.45) is 5.73 Å². The molecule has 0 aliphatic heterocycles. The molecule has 0 atom stereocenters. The maximum absolute atomic E-state index is 6.94. The van der Waals surface area contributed by atoms with E-state index < -0.39 is 0 Å². The van der Waals surface area contributed by atoms with Crippen LogP contribution in [0.5, 0.6) is 5.75 Å². The molecule has 0 spiro atoms. The van der Waals surface area contributed by atoms with Gasteiger partial charge in [0, 0.05) is 0 Å². The van der Waals surface area contributed by atoms with Gasteiger partial charge in [-0.2, -0.15) is 0 Å². The van der Waals surface area contributed by atoms with E-state index >= 15 is 0 Å². The van der Waals surface area contributed by atoms with Crippen LogP contribution in [0.4, 0.5) is 0 Å². The number of rotatable bonds is 3. The molecule has 0 aliphatic rings. The molecular formula is C9H13ClN2O. The summed E-state index contributed by atoms with van der Waals surface area (Å²) in [5, 5.41) is 6.94. The summed E-state index contributed by atoms with van der Waals surface area (Å²) in [6.07, 6.45) is 0. The quantitative estimate of drug-likeness (QED) is 0.577. The molecule has 0 heterocycles. The van der Waals surface area contributed by atoms with E-state index in [0.717, 1.165) is 5.75 Å². The standard InChI is InChI=1S/C9H12N2O.ClH/c1-7-2-4-8(5-3-7)12-6-9(10)11;/h2-5H,6H2,1H3,(H3,10,11);1H. The Labute approximate surface area is 83.8 Å². The lowest BCUT2D eigenvalue weighted by atomic mass is 10.2. The van der Waals surface area contributed by atoms with Crippen molar-refractivity contribution < 1.29 is 4.74 Å². The molecule has 1 aromatic carbocycles. The fourth-order valence-electron chi connectivity index (χ4n) is 0.796. The van der Waals surface area contributed by atoms with Crippen LogP contribution in [0.3, 0.4) is 0 Å². The molecule has 3 nitrogen and oxygen atoms in total. The number of hydrogen-bond acceptors (Lipinski definition) is 2. The van der Waals surface area contributed by atoms with Crippen molar-refractivity contribution in [3.05, 3.63) is 29.8 Å². The summed E-state index contributed by atoms with van der Waals surface area (Å²) in [6.45, 7) is 2.16. The summed E-state index contributed by atoms with van der Waals surface area (Å²) in [6, 6.07) is 7.63. The molecule has 13 heavy (non-hydrogen) atoms. The number of amidine groups is 1. The second kappa shape index (κ2) is 5.43. The van der Waals surface area contributed by atoms with Gasteiger partial charge < -0.3 is 10.5 Å². The van der Waals surface area contributed by atoms with Crippen LogP contribution in [-0.2, 0) is 0 Å². The Morgan fingerprint density at radius 3 is 2.38 bits per heavy atom. The Bertz CT molecular complexity index is 271. The second-order valence-electron chi connectivity index (χ2n) is 2.63. The summed E-state index contributed by atoms with van der Waals surface area (Å²) in [5.74, 6) is 0.784. The largest absolute Gasteiger partial charge is 0.486 e. The van der Waals surface area contributed by atoms with Crippen molar-refractivity contribution >= 4 is 18.2 Å². The van der Waals surface area contributed by atoms with E-state index in [1.165, 1.54) is 5.56 Å². The summed E-state index contributed by atoms with van der Waals surface area (Å²) in [4.78, 5) is 0. The zero-order valence-corrected chi connectivity index (χ0v) is 8.23. The average Bonchev–Trinajstić information content (AvgIpc) is 2.03. The minimum absolute atomic E-state index is 0. The van der Waals surface area contributed by atoms with Gasteiger partial charge in [0.15, 0.2) is 0 Å². The summed E-state index contributed by atoms with van der Waals surface area (Å²) < 4.78 is 5.17. The van der Waals surface area contributed by atoms with Crippen LogP contribution >= 0.6 is 12.4 Å². The lowest BCUT2D eigenvalue weighted by Gasteiger charge is -2.03. The maximum Gasteiger partial charge on any atom is 0.145 e. The van der Waals surface area contributed by atoms with Crippen LogP contribution in [0.1, 0.15) is 5.56 Å². The van der Waals surface area contributed by atoms with Crippen LogP contribution in [0.25, 0.3) is 0 Å². The highest BCUT2D eigenvalue weighted by Crippen LogP contribution is 2.10. The van der Waals surface area contributed by atoms with E-state index in [0.29, 0.717) is 0 Å². The Kier molecular flexibility index (Phi) is 4.92. The first-order chi connectivity index (χ1) is 5.68. The maximum atomic E-state index is 6.94. The highest BCUT2D eigenvalue weighted by Gasteiger charge is 1.93. The van der Waals surface area contributed by atoms with Gasteiger partial charge in [-0.25, -0.2) is 0 Å². The first-order valence-electron chi connectivity index (χ1n) is 3.71. The SMILES string of the molecule is Cc1ccc(OCC(=N)N)cc1.Cl. The fraction of sp³-hybridized carbons (Fsp3) is 0.222. The van der Waals surface area contributed by atoms with Crippen LogP contribution in [-0.4, -0.2) is 12.4 Å². The zero-order valence-electron chi connectivity index (χ0n) is 7.41. The molecule has 72 valence electrons. The molecule has 0 aromatic heterocycles. The Hall–Kier alpha value is -1.22. The topological polar surface area (TPSA) is 59.1 Å². The molecule has 0 saturated carbocycles. The molecule has 0 fully saturated rings. The van der Waals surface area contributed by atoms with Gasteiger partial charge in [-0.15, -0.1) is 12.4 Å². The molecule has 3 N–H and O–H groups in total. The van der Waals surface area contributed by atoms with Crippen molar-refractivity contribution in [3.63, 3.8) is 0 Å². The van der Waals surface area contributed by atoms with Gasteiger partial charge in [0.05, 0.1) is 0 Å². The summed E-state index contributed by atoms with van der Waals surface area (Å²) in [5.41, 5.74) is 6.31. The average molecular weight is 201 g/mol. The smallest absolute Gasteiger partial charge is 0.145 e. The monoisotopic (exact) mass is 200 g/mol. The zero-order chi connectivity index (χ0) is 8.97. The molecule has 0 unspecified atom stereocenters. The van der Waals surface area contributed by atoms with Gasteiger partial charge in [-0.3, -0.25) is 5.41 Å². The van der Waals surface area contributed by atoms with Gasteiger partial charge in [-0.05, 0) is 19.1 Å². The first kappa shape index (κ1) is 11.8. The molecule has 0 aliphatic carbocycles. The van der Waals surface area contributed by atoms with Gasteiger partial charge in [0.25, 0.3) is 0 Å². The molecule has 1 rings (SSSR count). The van der Waals surface area contributed by atoms with Crippen molar-refractivity contribution in [2.75, 3.05) is 6.61 Å². The van der Waals surface area contributed by atoms with Gasteiger partial charge in [0.1, 0.15) is 18.2 Å². The lowest BCUT2D eigenvalue weighted by molar-refractivity contribution is 0.374. The Balaban J connectivity index is 0.00000144. The molecular weight excluding hydrogens is 188 g/mol. The second-order valence-corrected chi connectivity index (χ2v) is 2.63. The number of benzene rings is 1. The highest BCUT2D eigenvalue weighted by molar-refractivity contribution is 5.85. The fourth-order valence-corrected chi connectivity index (χ4v) is 0.796. The number of ether oxygens (including phenoxy) is 1. The van der Waals surface area contributed by atoms with Crippen molar-refractivity contribution in [2.45, 2.75) is 6.92 Å². The van der Waals surface area contributed by atoms with E-state index in [1.807, 2.05) is 31.2 Å². The van der Waals surface area contributed by atoms with Crippen LogP contribution in [0.15, 0.2) is 24.3 Å². The molecule has 0 saturated heterocycles. The van der Waals surface area contributed by atoms with E-state index in [2.05, 4.69) is 0 Å². The molecule has 0 radical (unpaired) electrons. The third-order valence-electron chi connectivity index (χ3n) is 1.42. The predicted molar refractivity (Wildman–Crippen MR) is 55.8 cm³/mol.